The normalized spacial score (nSPS) is 12.9. The van der Waals surface area contributed by atoms with E-state index < -0.39 is 0 Å². The molecule has 0 aliphatic carbocycles. The van der Waals surface area contributed by atoms with Gasteiger partial charge in [0.25, 0.3) is 5.91 Å². The third-order valence-electron chi connectivity index (χ3n) is 2.13. The summed E-state index contributed by atoms with van der Waals surface area (Å²) in [4.78, 5) is 11.5. The van der Waals surface area contributed by atoms with Crippen LogP contribution in [0.4, 0.5) is 0 Å². The number of carbonyl (C=O) groups is 1. The van der Waals surface area contributed by atoms with Gasteiger partial charge >= 0.3 is 0 Å². The maximum Gasteiger partial charge on any atom is 0.271 e. The molecule has 0 saturated carbocycles. The molecule has 0 spiro atoms. The lowest BCUT2D eigenvalue weighted by atomic mass is 10.1. The molecule has 15 heavy (non-hydrogen) atoms. The highest BCUT2D eigenvalue weighted by atomic mass is 35.5. The van der Waals surface area contributed by atoms with Crippen molar-refractivity contribution in [2.75, 3.05) is 6.54 Å². The highest BCUT2D eigenvalue weighted by Gasteiger charge is 2.13. The third kappa shape index (κ3) is 3.55. The van der Waals surface area contributed by atoms with E-state index in [9.17, 15) is 4.79 Å². The van der Waals surface area contributed by atoms with Crippen LogP contribution in [0.25, 0.3) is 0 Å². The molecule has 0 saturated heterocycles. The molecule has 1 N–H and O–H groups in total. The van der Waals surface area contributed by atoms with Crippen LogP contribution in [0, 0.1) is 5.92 Å². The Morgan fingerprint density at radius 3 is 2.80 bits per heavy atom. The van der Waals surface area contributed by atoms with Gasteiger partial charge in [-0.15, -0.1) is 11.6 Å². The van der Waals surface area contributed by atoms with Crippen LogP contribution < -0.4 is 5.32 Å². The van der Waals surface area contributed by atoms with Gasteiger partial charge in [-0.3, -0.25) is 9.48 Å². The Morgan fingerprint density at radius 1 is 1.67 bits per heavy atom. The van der Waals surface area contributed by atoms with Gasteiger partial charge in [-0.05, 0) is 12.0 Å². The molecule has 0 aliphatic heterocycles. The van der Waals surface area contributed by atoms with E-state index in [4.69, 9.17) is 11.6 Å². The van der Waals surface area contributed by atoms with Crippen molar-refractivity contribution >= 4 is 17.5 Å². The number of amides is 1. The molecular weight excluding hydrogens is 214 g/mol. The topological polar surface area (TPSA) is 46.9 Å². The van der Waals surface area contributed by atoms with Crippen molar-refractivity contribution in [2.24, 2.45) is 13.0 Å². The fourth-order valence-electron chi connectivity index (χ4n) is 1.05. The quantitative estimate of drug-likeness (QED) is 0.794. The van der Waals surface area contributed by atoms with Crippen LogP contribution in [0.3, 0.4) is 0 Å². The van der Waals surface area contributed by atoms with E-state index in [-0.39, 0.29) is 11.3 Å². The van der Waals surface area contributed by atoms with Gasteiger partial charge < -0.3 is 5.32 Å². The Morgan fingerprint density at radius 2 is 2.33 bits per heavy atom. The lowest BCUT2D eigenvalue weighted by Crippen LogP contribution is -2.32. The van der Waals surface area contributed by atoms with Gasteiger partial charge in [0.15, 0.2) is 0 Å². The van der Waals surface area contributed by atoms with Crippen molar-refractivity contribution in [1.29, 1.82) is 0 Å². The minimum atomic E-state index is -0.179. The fourth-order valence-corrected chi connectivity index (χ4v) is 1.13. The van der Waals surface area contributed by atoms with Gasteiger partial charge in [-0.1, -0.05) is 13.8 Å². The molecule has 0 aromatic carbocycles. The van der Waals surface area contributed by atoms with Crippen LogP contribution >= 0.6 is 11.6 Å². The molecule has 4 nitrogen and oxygen atoms in total. The van der Waals surface area contributed by atoms with Crippen molar-refractivity contribution in [3.05, 3.63) is 18.0 Å². The lowest BCUT2D eigenvalue weighted by Gasteiger charge is -2.13. The Labute approximate surface area is 94.6 Å². The Balaban J connectivity index is 2.43. The molecule has 0 bridgehead atoms. The molecule has 84 valence electrons. The number of alkyl halides is 1. The van der Waals surface area contributed by atoms with Crippen molar-refractivity contribution in [1.82, 2.24) is 15.1 Å². The first-order valence-corrected chi connectivity index (χ1v) is 5.36. The Bertz CT molecular complexity index is 335. The highest BCUT2D eigenvalue weighted by molar-refractivity contribution is 6.21. The maximum atomic E-state index is 11.5. The van der Waals surface area contributed by atoms with E-state index in [1.54, 1.807) is 24.0 Å². The molecule has 1 aromatic heterocycles. The van der Waals surface area contributed by atoms with Crippen molar-refractivity contribution in [3.63, 3.8) is 0 Å². The van der Waals surface area contributed by atoms with Gasteiger partial charge in [0.2, 0.25) is 0 Å². The van der Waals surface area contributed by atoms with E-state index >= 15 is 0 Å². The third-order valence-corrected chi connectivity index (χ3v) is 2.79. The van der Waals surface area contributed by atoms with Gasteiger partial charge in [0.05, 0.1) is 5.38 Å². The van der Waals surface area contributed by atoms with Crippen LogP contribution in [-0.4, -0.2) is 27.6 Å². The van der Waals surface area contributed by atoms with E-state index in [1.165, 1.54) is 0 Å². The summed E-state index contributed by atoms with van der Waals surface area (Å²) in [5.74, 6) is 0.164. The largest absolute Gasteiger partial charge is 0.349 e. The first-order valence-electron chi connectivity index (χ1n) is 4.92. The second-order valence-corrected chi connectivity index (χ2v) is 4.41. The second-order valence-electron chi connectivity index (χ2n) is 3.84. The molecule has 1 heterocycles. The van der Waals surface area contributed by atoms with Gasteiger partial charge in [-0.2, -0.15) is 5.10 Å². The van der Waals surface area contributed by atoms with Gasteiger partial charge in [0, 0.05) is 19.8 Å². The number of hydrogen-bond donors (Lipinski definition) is 1. The summed E-state index contributed by atoms with van der Waals surface area (Å²) in [5.41, 5.74) is 0.421. The van der Waals surface area contributed by atoms with Crippen molar-refractivity contribution in [2.45, 2.75) is 19.2 Å². The van der Waals surface area contributed by atoms with Crippen molar-refractivity contribution in [3.8, 4) is 0 Å². The van der Waals surface area contributed by atoms with E-state index in [2.05, 4.69) is 10.4 Å². The van der Waals surface area contributed by atoms with E-state index in [0.29, 0.717) is 18.2 Å². The number of aryl methyl sites for hydroxylation is 1. The summed E-state index contributed by atoms with van der Waals surface area (Å²) < 4.78 is 1.59. The predicted molar refractivity (Wildman–Crippen MR) is 60.0 cm³/mol. The Hall–Kier alpha value is -1.03. The first kappa shape index (κ1) is 12.0. The number of rotatable bonds is 4. The molecule has 0 radical (unpaired) electrons. The smallest absolute Gasteiger partial charge is 0.271 e. The number of halogens is 1. The van der Waals surface area contributed by atoms with Crippen molar-refractivity contribution < 1.29 is 4.79 Å². The van der Waals surface area contributed by atoms with Crippen LogP contribution in [0.2, 0.25) is 0 Å². The number of aromatic nitrogens is 2. The highest BCUT2D eigenvalue weighted by Crippen LogP contribution is 2.07. The molecule has 5 heteroatoms. The summed E-state index contributed by atoms with van der Waals surface area (Å²) in [6, 6.07) is 1.67. The number of carbonyl (C=O) groups excluding carboxylic acids is 1. The summed E-state index contributed by atoms with van der Waals surface area (Å²) in [7, 11) is 1.77. The number of hydrogen-bond acceptors (Lipinski definition) is 2. The molecule has 1 rings (SSSR count). The van der Waals surface area contributed by atoms with E-state index in [0.717, 1.165) is 0 Å². The Kier molecular flexibility index (Phi) is 4.15. The summed E-state index contributed by atoms with van der Waals surface area (Å²) >= 11 is 6.01. The van der Waals surface area contributed by atoms with Gasteiger partial charge in [0.1, 0.15) is 5.69 Å². The molecule has 1 unspecified atom stereocenters. The summed E-state index contributed by atoms with van der Waals surface area (Å²) in [6.07, 6.45) is 1.73. The van der Waals surface area contributed by atoms with Gasteiger partial charge in [-0.25, -0.2) is 0 Å². The average Bonchev–Trinajstić information content (AvgIpc) is 2.60. The van der Waals surface area contributed by atoms with Crippen LogP contribution in [0.5, 0.6) is 0 Å². The number of nitrogens with zero attached hydrogens (tertiary/aromatic N) is 2. The van der Waals surface area contributed by atoms with Crippen LogP contribution in [0.15, 0.2) is 12.3 Å². The molecule has 1 amide bonds. The summed E-state index contributed by atoms with van der Waals surface area (Å²) in [6.45, 7) is 4.50. The predicted octanol–water partition coefficient (Wildman–Crippen LogP) is 1.41. The van der Waals surface area contributed by atoms with Crippen LogP contribution in [0.1, 0.15) is 24.3 Å². The van der Waals surface area contributed by atoms with Crippen LogP contribution in [-0.2, 0) is 7.05 Å². The molecule has 1 atom stereocenters. The SMILES string of the molecule is CC(C)C(Cl)CNC(=O)c1ccn(C)n1. The monoisotopic (exact) mass is 229 g/mol. The first-order chi connectivity index (χ1) is 7.00. The molecule has 0 aliphatic rings. The lowest BCUT2D eigenvalue weighted by molar-refractivity contribution is 0.0946. The zero-order valence-electron chi connectivity index (χ0n) is 9.20. The minimum Gasteiger partial charge on any atom is -0.349 e. The fraction of sp³-hybridized carbons (Fsp3) is 0.600. The number of nitrogens with one attached hydrogen (secondary N) is 1. The molecule has 1 aromatic rings. The molecular formula is C10H16ClN3O. The zero-order valence-corrected chi connectivity index (χ0v) is 9.95. The minimum absolute atomic E-state index is 0.0438. The molecule has 0 fully saturated rings. The second kappa shape index (κ2) is 5.16. The zero-order chi connectivity index (χ0) is 11.4. The van der Waals surface area contributed by atoms with E-state index in [1.807, 2.05) is 13.8 Å². The average molecular weight is 230 g/mol. The maximum absolute atomic E-state index is 11.5. The summed E-state index contributed by atoms with van der Waals surface area (Å²) in [5, 5.41) is 6.70. The standard InChI is InChI=1S/C10H16ClN3O/c1-7(2)8(11)6-12-10(15)9-4-5-14(3)13-9/h4-5,7-8H,6H2,1-3H3,(H,12,15).